The molecular weight excluding hydrogens is 479 g/mol. The average Bonchev–Trinajstić information content (AvgIpc) is 3.43. The Kier molecular flexibility index (Phi) is 6.37. The smallest absolute Gasteiger partial charge is 0.435 e. The first kappa shape index (κ1) is 23.8. The van der Waals surface area contributed by atoms with E-state index < -0.39 is 17.8 Å². The van der Waals surface area contributed by atoms with Gasteiger partial charge in [-0.1, -0.05) is 23.4 Å². The van der Waals surface area contributed by atoms with Crippen molar-refractivity contribution in [2.75, 3.05) is 13.2 Å². The van der Waals surface area contributed by atoms with E-state index >= 15 is 0 Å². The monoisotopic (exact) mass is 503 g/mol. The molecule has 190 valence electrons. The summed E-state index contributed by atoms with van der Waals surface area (Å²) >= 11 is 0. The van der Waals surface area contributed by atoms with Gasteiger partial charge in [-0.3, -0.25) is 14.3 Å². The second kappa shape index (κ2) is 9.63. The third-order valence-corrected chi connectivity index (χ3v) is 6.00. The highest BCUT2D eigenvalue weighted by Gasteiger charge is 2.38. The second-order valence-electron chi connectivity index (χ2n) is 8.85. The van der Waals surface area contributed by atoms with Gasteiger partial charge >= 0.3 is 6.18 Å². The summed E-state index contributed by atoms with van der Waals surface area (Å²) in [5.41, 5.74) is 0.558. The van der Waals surface area contributed by atoms with Gasteiger partial charge in [0.25, 0.3) is 0 Å². The van der Waals surface area contributed by atoms with E-state index in [4.69, 9.17) is 4.74 Å². The molecule has 2 amide bonds. The number of para-hydroxylation sites is 1. The van der Waals surface area contributed by atoms with Crippen molar-refractivity contribution in [2.24, 2.45) is 0 Å². The molecule has 0 saturated heterocycles. The van der Waals surface area contributed by atoms with Crippen molar-refractivity contribution >= 4 is 11.8 Å². The van der Waals surface area contributed by atoms with Crippen LogP contribution < -0.4 is 10.1 Å². The highest BCUT2D eigenvalue weighted by atomic mass is 19.4. The maximum atomic E-state index is 13.5. The van der Waals surface area contributed by atoms with Gasteiger partial charge in [-0.15, -0.1) is 5.10 Å². The zero-order valence-electron chi connectivity index (χ0n) is 19.2. The van der Waals surface area contributed by atoms with Gasteiger partial charge in [-0.25, -0.2) is 4.68 Å². The average molecular weight is 503 g/mol. The van der Waals surface area contributed by atoms with Gasteiger partial charge in [0.15, 0.2) is 5.69 Å². The van der Waals surface area contributed by atoms with Crippen LogP contribution in [0, 0.1) is 0 Å². The van der Waals surface area contributed by atoms with Crippen molar-refractivity contribution in [3.05, 3.63) is 59.2 Å². The van der Waals surface area contributed by atoms with E-state index in [2.05, 4.69) is 20.7 Å². The van der Waals surface area contributed by atoms with E-state index in [1.165, 1.54) is 9.58 Å². The van der Waals surface area contributed by atoms with Gasteiger partial charge < -0.3 is 15.0 Å². The maximum Gasteiger partial charge on any atom is 0.435 e. The Morgan fingerprint density at radius 3 is 2.75 bits per heavy atom. The maximum absolute atomic E-state index is 13.5. The zero-order chi connectivity index (χ0) is 25.3. The molecule has 2 aromatic heterocycles. The molecule has 1 aromatic carbocycles. The summed E-state index contributed by atoms with van der Waals surface area (Å²) in [6.07, 6.45) is -1.49. The molecule has 36 heavy (non-hydrogen) atoms. The van der Waals surface area contributed by atoms with E-state index in [1.54, 1.807) is 24.4 Å². The molecule has 3 aromatic rings. The first-order valence-corrected chi connectivity index (χ1v) is 11.6. The van der Waals surface area contributed by atoms with Crippen molar-refractivity contribution in [1.82, 2.24) is 35.0 Å². The lowest BCUT2D eigenvalue weighted by Gasteiger charge is -2.24. The molecule has 0 spiro atoms. The lowest BCUT2D eigenvalue weighted by Crippen LogP contribution is -2.34. The number of hydrogen-bond donors (Lipinski definition) is 1. The van der Waals surface area contributed by atoms with Crippen LogP contribution in [0.3, 0.4) is 0 Å². The lowest BCUT2D eigenvalue weighted by molar-refractivity contribution is -0.142. The summed E-state index contributed by atoms with van der Waals surface area (Å²) in [6, 6.07) is 8.20. The van der Waals surface area contributed by atoms with Crippen LogP contribution in [0.15, 0.2) is 36.5 Å². The fraction of sp³-hybridized carbons (Fsp3) is 0.435. The predicted octanol–water partition coefficient (Wildman–Crippen LogP) is 2.11. The highest BCUT2D eigenvalue weighted by Crippen LogP contribution is 2.42. The molecule has 1 N–H and O–H groups in total. The van der Waals surface area contributed by atoms with Gasteiger partial charge in [-0.05, 0) is 25.0 Å². The summed E-state index contributed by atoms with van der Waals surface area (Å²) in [6.45, 7) is 0.290. The molecule has 3 heterocycles. The highest BCUT2D eigenvalue weighted by molar-refractivity contribution is 5.76. The molecule has 5 rings (SSSR count). The van der Waals surface area contributed by atoms with Crippen LogP contribution in [-0.4, -0.2) is 54.6 Å². The SMILES string of the molecule is O=C1Cn2cc(nn2)CN(C(=O)Cn2nc(C(F)(F)F)cc2C2CC2)Cc2ccccc2OCCN1. The van der Waals surface area contributed by atoms with Gasteiger partial charge in [0.2, 0.25) is 11.8 Å². The summed E-state index contributed by atoms with van der Waals surface area (Å²) in [4.78, 5) is 27.1. The quantitative estimate of drug-likeness (QED) is 0.587. The Hall–Kier alpha value is -3.90. The van der Waals surface area contributed by atoms with Crippen molar-refractivity contribution in [3.8, 4) is 5.75 Å². The third kappa shape index (κ3) is 5.50. The zero-order valence-corrected chi connectivity index (χ0v) is 19.2. The first-order valence-electron chi connectivity index (χ1n) is 11.6. The fourth-order valence-corrected chi connectivity index (χ4v) is 4.08. The minimum atomic E-state index is -4.59. The Morgan fingerprint density at radius 1 is 1.17 bits per heavy atom. The van der Waals surface area contributed by atoms with Gasteiger partial charge in [0, 0.05) is 23.7 Å². The number of rotatable bonds is 3. The number of carbonyl (C=O) groups is 2. The number of aromatic nitrogens is 5. The Morgan fingerprint density at radius 2 is 1.97 bits per heavy atom. The first-order chi connectivity index (χ1) is 17.3. The van der Waals surface area contributed by atoms with Crippen molar-refractivity contribution in [3.63, 3.8) is 0 Å². The Bertz CT molecular complexity index is 1270. The van der Waals surface area contributed by atoms with Crippen molar-refractivity contribution in [1.29, 1.82) is 0 Å². The molecule has 0 radical (unpaired) electrons. The van der Waals surface area contributed by atoms with Crippen LogP contribution in [-0.2, 0) is 41.9 Å². The summed E-state index contributed by atoms with van der Waals surface area (Å²) in [5.74, 6) is -0.175. The number of fused-ring (bicyclic) bond motifs is 3. The fourth-order valence-electron chi connectivity index (χ4n) is 4.08. The topological polar surface area (TPSA) is 107 Å². The minimum Gasteiger partial charge on any atom is -0.491 e. The summed E-state index contributed by atoms with van der Waals surface area (Å²) in [5, 5.41) is 14.5. The van der Waals surface area contributed by atoms with Crippen LogP contribution in [0.1, 0.15) is 41.4 Å². The summed E-state index contributed by atoms with van der Waals surface area (Å²) in [7, 11) is 0. The molecule has 0 atom stereocenters. The number of carbonyl (C=O) groups excluding carboxylic acids is 2. The van der Waals surface area contributed by atoms with E-state index in [0.717, 1.165) is 23.6 Å². The molecule has 10 nitrogen and oxygen atoms in total. The molecular formula is C23H24F3N7O3. The normalized spacial score (nSPS) is 17.1. The lowest BCUT2D eigenvalue weighted by atomic mass is 10.1. The van der Waals surface area contributed by atoms with Crippen molar-refractivity contribution in [2.45, 2.75) is 51.1 Å². The number of benzene rings is 1. The van der Waals surface area contributed by atoms with E-state index in [9.17, 15) is 22.8 Å². The van der Waals surface area contributed by atoms with Crippen molar-refractivity contribution < 1.29 is 27.5 Å². The largest absolute Gasteiger partial charge is 0.491 e. The number of ether oxygens (including phenoxy) is 1. The van der Waals surface area contributed by atoms with Crippen LogP contribution in [0.25, 0.3) is 0 Å². The summed E-state index contributed by atoms with van der Waals surface area (Å²) < 4.78 is 48.3. The number of nitrogens with one attached hydrogen (secondary N) is 1. The van der Waals surface area contributed by atoms with Crippen LogP contribution in [0.4, 0.5) is 13.2 Å². The van der Waals surface area contributed by atoms with Gasteiger partial charge in [0.05, 0.1) is 19.3 Å². The van der Waals surface area contributed by atoms with E-state index in [0.29, 0.717) is 22.7 Å². The van der Waals surface area contributed by atoms with E-state index in [1.807, 2.05) is 6.07 Å². The molecule has 1 aliphatic carbocycles. The number of alkyl halides is 3. The second-order valence-corrected chi connectivity index (χ2v) is 8.85. The van der Waals surface area contributed by atoms with Crippen LogP contribution in [0.2, 0.25) is 0 Å². The number of amides is 2. The molecule has 1 fully saturated rings. The number of hydrogen-bond acceptors (Lipinski definition) is 6. The van der Waals surface area contributed by atoms with Crippen LogP contribution >= 0.6 is 0 Å². The molecule has 1 saturated carbocycles. The predicted molar refractivity (Wildman–Crippen MR) is 118 cm³/mol. The van der Waals surface area contributed by atoms with E-state index in [-0.39, 0.29) is 51.2 Å². The number of halogens is 3. The molecule has 2 bridgehead atoms. The standard InChI is InChI=1S/C23H24F3N7O3/c24-23(25,26)20-9-18(15-5-6-15)33(29-20)14-22(35)31-10-16-3-1-2-4-19(16)36-8-7-27-21(34)13-32-12-17(11-31)28-30-32/h1-4,9,12,15H,5-8,10-11,13-14H2,(H,27,34). The molecule has 13 heteroatoms. The third-order valence-electron chi connectivity index (χ3n) is 6.00. The van der Waals surface area contributed by atoms with Gasteiger partial charge in [0.1, 0.15) is 31.1 Å². The molecule has 2 aliphatic rings. The molecule has 1 aliphatic heterocycles. The Labute approximate surface area is 204 Å². The van der Waals surface area contributed by atoms with Gasteiger partial charge in [-0.2, -0.15) is 18.3 Å². The molecule has 0 unspecified atom stereocenters. The minimum absolute atomic E-state index is 0.0273. The van der Waals surface area contributed by atoms with Crippen LogP contribution in [0.5, 0.6) is 5.75 Å². The Balaban J connectivity index is 1.44. The number of nitrogens with zero attached hydrogens (tertiary/aromatic N) is 6.